The largest absolute Gasteiger partial charge is 0.506 e. The van der Waals surface area contributed by atoms with Gasteiger partial charge in [0.25, 0.3) is 0 Å². The number of Topliss-reactive ketones (excluding diaryl/α,β-unsaturated/α-hetero) is 1. The zero-order valence-electron chi connectivity index (χ0n) is 12.2. The fraction of sp³-hybridized carbons (Fsp3) is 0.167. The number of rotatable bonds is 2. The molecule has 0 aromatic heterocycles. The van der Waals surface area contributed by atoms with Crippen molar-refractivity contribution in [2.75, 3.05) is 4.90 Å². The Morgan fingerprint density at radius 1 is 1.14 bits per heavy atom. The van der Waals surface area contributed by atoms with Crippen LogP contribution in [0.2, 0.25) is 5.02 Å². The molecule has 0 fully saturated rings. The number of phenolic OH excluding ortho intramolecular Hbond substituents is 1. The Hall–Kier alpha value is -2.26. The average molecular weight is 314 g/mol. The highest BCUT2D eigenvalue weighted by molar-refractivity contribution is 6.30. The molecule has 2 aromatic carbocycles. The van der Waals surface area contributed by atoms with Gasteiger partial charge in [0.05, 0.1) is 11.7 Å². The summed E-state index contributed by atoms with van der Waals surface area (Å²) in [4.78, 5) is 14.1. The van der Waals surface area contributed by atoms with Crippen molar-refractivity contribution in [3.63, 3.8) is 0 Å². The summed E-state index contributed by atoms with van der Waals surface area (Å²) < 4.78 is 0. The molecule has 1 aliphatic heterocycles. The molecule has 0 bridgehead atoms. The Morgan fingerprint density at radius 2 is 1.82 bits per heavy atom. The van der Waals surface area contributed by atoms with Crippen LogP contribution >= 0.6 is 11.6 Å². The maximum Gasteiger partial charge on any atom is 0.162 e. The van der Waals surface area contributed by atoms with E-state index >= 15 is 0 Å². The third-order valence-electron chi connectivity index (χ3n) is 3.90. The second-order valence-electron chi connectivity index (χ2n) is 5.40. The first-order chi connectivity index (χ1) is 10.6. The summed E-state index contributed by atoms with van der Waals surface area (Å²) >= 11 is 5.95. The minimum atomic E-state index is -0.151. The number of carbonyl (C=O) groups excluding carboxylic acids is 1. The molecule has 0 spiro atoms. The van der Waals surface area contributed by atoms with Crippen molar-refractivity contribution in [1.82, 2.24) is 0 Å². The molecule has 112 valence electrons. The van der Waals surface area contributed by atoms with Gasteiger partial charge in [-0.1, -0.05) is 35.9 Å². The van der Waals surface area contributed by atoms with Gasteiger partial charge in [0.2, 0.25) is 0 Å². The lowest BCUT2D eigenvalue weighted by Crippen LogP contribution is -2.31. The molecule has 0 aliphatic carbocycles. The number of allylic oxidation sites excluding steroid dienone is 1. The first-order valence-corrected chi connectivity index (χ1v) is 7.47. The van der Waals surface area contributed by atoms with Crippen LogP contribution < -0.4 is 4.90 Å². The zero-order valence-corrected chi connectivity index (χ0v) is 12.9. The Labute approximate surface area is 134 Å². The van der Waals surface area contributed by atoms with Crippen LogP contribution in [0.15, 0.2) is 60.3 Å². The average Bonchev–Trinajstić information content (AvgIpc) is 2.51. The SMILES string of the molecule is CC1=CN(c2ccccc2O)[C@H](c2ccc(Cl)cc2)CC1=O. The number of para-hydroxylation sites is 2. The summed E-state index contributed by atoms with van der Waals surface area (Å²) in [7, 11) is 0. The maximum atomic E-state index is 12.1. The van der Waals surface area contributed by atoms with E-state index in [0.717, 1.165) is 5.56 Å². The smallest absolute Gasteiger partial charge is 0.162 e. The van der Waals surface area contributed by atoms with E-state index < -0.39 is 0 Å². The fourth-order valence-electron chi connectivity index (χ4n) is 2.69. The molecule has 1 heterocycles. The third kappa shape index (κ3) is 2.72. The summed E-state index contributed by atoms with van der Waals surface area (Å²) in [6.45, 7) is 1.80. The van der Waals surface area contributed by atoms with Gasteiger partial charge in [-0.3, -0.25) is 4.79 Å². The summed E-state index contributed by atoms with van der Waals surface area (Å²) in [6, 6.07) is 14.5. The number of hydrogen-bond acceptors (Lipinski definition) is 3. The maximum absolute atomic E-state index is 12.1. The molecule has 0 radical (unpaired) electrons. The minimum absolute atomic E-state index is 0.117. The van der Waals surface area contributed by atoms with Crippen LogP contribution in [0.5, 0.6) is 5.75 Å². The number of anilines is 1. The highest BCUT2D eigenvalue weighted by Gasteiger charge is 2.29. The van der Waals surface area contributed by atoms with Gasteiger partial charge in [0.15, 0.2) is 5.78 Å². The highest BCUT2D eigenvalue weighted by Crippen LogP contribution is 2.39. The normalized spacial score (nSPS) is 18.3. The molecule has 2 aromatic rings. The van der Waals surface area contributed by atoms with Gasteiger partial charge >= 0.3 is 0 Å². The molecule has 0 unspecified atom stereocenters. The molecule has 22 heavy (non-hydrogen) atoms. The summed E-state index contributed by atoms with van der Waals surface area (Å²) in [5, 5.41) is 10.8. The van der Waals surface area contributed by atoms with Crippen molar-refractivity contribution in [3.05, 3.63) is 70.9 Å². The van der Waals surface area contributed by atoms with Crippen LogP contribution in [0.4, 0.5) is 5.69 Å². The fourth-order valence-corrected chi connectivity index (χ4v) is 2.81. The number of halogens is 1. The van der Waals surface area contributed by atoms with Crippen molar-refractivity contribution in [2.45, 2.75) is 19.4 Å². The van der Waals surface area contributed by atoms with Gasteiger partial charge in [-0.05, 0) is 36.8 Å². The van der Waals surface area contributed by atoms with Gasteiger partial charge in [-0.25, -0.2) is 0 Å². The van der Waals surface area contributed by atoms with Gasteiger partial charge in [-0.15, -0.1) is 0 Å². The summed E-state index contributed by atoms with van der Waals surface area (Å²) in [6.07, 6.45) is 2.18. The van der Waals surface area contributed by atoms with E-state index in [-0.39, 0.29) is 17.6 Å². The van der Waals surface area contributed by atoms with Crippen LogP contribution in [0.25, 0.3) is 0 Å². The summed E-state index contributed by atoms with van der Waals surface area (Å²) in [5.74, 6) is 0.312. The van der Waals surface area contributed by atoms with Crippen molar-refractivity contribution in [2.24, 2.45) is 0 Å². The Bertz CT molecular complexity index is 737. The molecule has 1 N–H and O–H groups in total. The predicted molar refractivity (Wildman–Crippen MR) is 88.2 cm³/mol. The number of aromatic hydroxyl groups is 1. The Kier molecular flexibility index (Phi) is 3.90. The minimum Gasteiger partial charge on any atom is -0.506 e. The molecule has 3 nitrogen and oxygen atoms in total. The Balaban J connectivity index is 2.08. The molecule has 3 rings (SSSR count). The van der Waals surface area contributed by atoms with Crippen LogP contribution in [0, 0.1) is 0 Å². The highest BCUT2D eigenvalue weighted by atomic mass is 35.5. The molecule has 4 heteroatoms. The molecular weight excluding hydrogens is 298 g/mol. The lowest BCUT2D eigenvalue weighted by Gasteiger charge is -2.35. The number of benzene rings is 2. The van der Waals surface area contributed by atoms with E-state index in [4.69, 9.17) is 11.6 Å². The molecule has 0 amide bonds. The van der Waals surface area contributed by atoms with E-state index in [1.54, 1.807) is 25.3 Å². The Morgan fingerprint density at radius 3 is 2.50 bits per heavy atom. The van der Waals surface area contributed by atoms with Gasteiger partial charge in [0.1, 0.15) is 5.75 Å². The summed E-state index contributed by atoms with van der Waals surface area (Å²) in [5.41, 5.74) is 2.37. The molecule has 0 saturated carbocycles. The third-order valence-corrected chi connectivity index (χ3v) is 4.15. The standard InChI is InChI=1S/C18H16ClNO2/c1-12-11-20(15-4-2-3-5-17(15)21)16(10-18(12)22)13-6-8-14(19)9-7-13/h2-9,11,16,21H,10H2,1H3/t16-/m0/s1. The van der Waals surface area contributed by atoms with Gasteiger partial charge < -0.3 is 10.0 Å². The predicted octanol–water partition coefficient (Wildman–Crippen LogP) is 4.47. The van der Waals surface area contributed by atoms with Crippen molar-refractivity contribution in [1.29, 1.82) is 0 Å². The van der Waals surface area contributed by atoms with Crippen molar-refractivity contribution < 1.29 is 9.90 Å². The quantitative estimate of drug-likeness (QED) is 0.889. The molecule has 1 aliphatic rings. The van der Waals surface area contributed by atoms with E-state index in [1.165, 1.54) is 0 Å². The first kappa shape index (κ1) is 14.7. The molecule has 0 saturated heterocycles. The van der Waals surface area contributed by atoms with E-state index in [0.29, 0.717) is 22.7 Å². The van der Waals surface area contributed by atoms with E-state index in [9.17, 15) is 9.90 Å². The topological polar surface area (TPSA) is 40.5 Å². The van der Waals surface area contributed by atoms with E-state index in [1.807, 2.05) is 41.3 Å². The molecular formula is C18H16ClNO2. The number of hydrogen-bond donors (Lipinski definition) is 1. The van der Waals surface area contributed by atoms with Crippen LogP contribution in [-0.2, 0) is 4.79 Å². The van der Waals surface area contributed by atoms with Crippen LogP contribution in [-0.4, -0.2) is 10.9 Å². The molecule has 1 atom stereocenters. The van der Waals surface area contributed by atoms with E-state index in [2.05, 4.69) is 0 Å². The number of carbonyl (C=O) groups is 1. The second-order valence-corrected chi connectivity index (χ2v) is 5.84. The zero-order chi connectivity index (χ0) is 15.7. The van der Waals surface area contributed by atoms with Crippen LogP contribution in [0.3, 0.4) is 0 Å². The lowest BCUT2D eigenvalue weighted by molar-refractivity contribution is -0.116. The number of ketones is 1. The van der Waals surface area contributed by atoms with Gasteiger partial charge in [0, 0.05) is 23.2 Å². The van der Waals surface area contributed by atoms with Crippen molar-refractivity contribution in [3.8, 4) is 5.75 Å². The van der Waals surface area contributed by atoms with Crippen molar-refractivity contribution >= 4 is 23.1 Å². The monoisotopic (exact) mass is 313 g/mol. The second kappa shape index (κ2) is 5.85. The first-order valence-electron chi connectivity index (χ1n) is 7.09. The number of phenols is 1. The van der Waals surface area contributed by atoms with Crippen LogP contribution in [0.1, 0.15) is 24.9 Å². The van der Waals surface area contributed by atoms with Gasteiger partial charge in [-0.2, -0.15) is 0 Å². The number of nitrogens with zero attached hydrogens (tertiary/aromatic N) is 1. The lowest BCUT2D eigenvalue weighted by atomic mass is 9.93.